The topological polar surface area (TPSA) is 127 Å². The lowest BCUT2D eigenvalue weighted by Crippen LogP contribution is -2.50. The predicted octanol–water partition coefficient (Wildman–Crippen LogP) is 5.43. The van der Waals surface area contributed by atoms with Gasteiger partial charge in [0, 0.05) is 23.8 Å². The first-order valence-corrected chi connectivity index (χ1v) is 19.0. The molecule has 1 aliphatic heterocycles. The summed E-state index contributed by atoms with van der Waals surface area (Å²) in [5, 5.41) is 0. The molecule has 1 saturated heterocycles. The summed E-state index contributed by atoms with van der Waals surface area (Å²) >= 11 is 0. The van der Waals surface area contributed by atoms with Gasteiger partial charge in [0.2, 0.25) is 5.91 Å². The quantitative estimate of drug-likeness (QED) is 0.208. The standard InChI is InChI=1S/C39H39NO8S/c1-19(2)40-35-27-18-28(34(33(27)37(40)41)39(43)47-30-15-16-31(49(44,45)46)23-12-6-5-11-22(23)30)36(35)48-38(42)29-17-26-20-9-3-7-13-24(20)32(29)25-14-8-4-10-21(25)26/h3-4,7-10,13-16,19,26-29,32-36H,5-6,11-12,17-18H2,1-2H3,(H,44,45,46). The molecule has 10 rings (SSSR count). The number of carbonyl (C=O) groups is 3. The molecule has 1 N–H and O–H groups in total. The SMILES string of the molecule is CC(C)N1C(=O)C2C3CC(C(OC(=O)C4CC5c6ccccc6C4c4ccccc45)C31)C2C(=O)Oc1ccc(S(=O)(=O)O)c2c1CCCC2. The average molecular weight is 682 g/mol. The minimum absolute atomic E-state index is 0.0976. The van der Waals surface area contributed by atoms with Crippen LogP contribution in [0, 0.1) is 29.6 Å². The number of benzene rings is 3. The highest BCUT2D eigenvalue weighted by molar-refractivity contribution is 7.85. The van der Waals surface area contributed by atoms with Crippen LogP contribution in [0.4, 0.5) is 0 Å². The monoisotopic (exact) mass is 681 g/mol. The molecule has 0 radical (unpaired) electrons. The number of likely N-dealkylation sites (tertiary alicyclic amines) is 1. The first-order chi connectivity index (χ1) is 23.5. The minimum atomic E-state index is -4.44. The van der Waals surface area contributed by atoms with Gasteiger partial charge >= 0.3 is 11.9 Å². The molecular formula is C39H39NO8S. The number of amides is 1. The molecule has 7 atom stereocenters. The molecule has 2 saturated carbocycles. The lowest BCUT2D eigenvalue weighted by atomic mass is 9.59. The van der Waals surface area contributed by atoms with Crippen LogP contribution >= 0.6 is 0 Å². The minimum Gasteiger partial charge on any atom is -0.460 e. The van der Waals surface area contributed by atoms with E-state index in [9.17, 15) is 27.4 Å². The molecule has 3 aromatic rings. The molecule has 1 amide bonds. The Labute approximate surface area is 285 Å². The number of hydrogen-bond acceptors (Lipinski definition) is 7. The van der Waals surface area contributed by atoms with E-state index >= 15 is 0 Å². The molecule has 49 heavy (non-hydrogen) atoms. The van der Waals surface area contributed by atoms with Crippen LogP contribution in [0.3, 0.4) is 0 Å². The van der Waals surface area contributed by atoms with E-state index < -0.39 is 34.0 Å². The third-order valence-electron chi connectivity index (χ3n) is 12.5. The zero-order chi connectivity index (χ0) is 33.9. The average Bonchev–Trinajstić information content (AvgIpc) is 3.71. The van der Waals surface area contributed by atoms with Gasteiger partial charge in [-0.25, -0.2) is 0 Å². The Kier molecular flexibility index (Phi) is 6.95. The maximum absolute atomic E-state index is 14.4. The number of hydrogen-bond donors (Lipinski definition) is 1. The van der Waals surface area contributed by atoms with E-state index in [2.05, 4.69) is 36.4 Å². The Hall–Kier alpha value is -4.02. The lowest BCUT2D eigenvalue weighted by Gasteiger charge is -2.45. The first kappa shape index (κ1) is 31.0. The number of ether oxygens (including phenoxy) is 2. The van der Waals surface area contributed by atoms with Gasteiger partial charge in [0.1, 0.15) is 11.9 Å². The van der Waals surface area contributed by atoms with Crippen LogP contribution in [0.2, 0.25) is 0 Å². The van der Waals surface area contributed by atoms with Crippen LogP contribution < -0.4 is 4.74 Å². The Morgan fingerprint density at radius 2 is 1.47 bits per heavy atom. The molecule has 3 fully saturated rings. The van der Waals surface area contributed by atoms with Gasteiger partial charge in [0.25, 0.3) is 10.1 Å². The van der Waals surface area contributed by atoms with Gasteiger partial charge < -0.3 is 14.4 Å². The van der Waals surface area contributed by atoms with Crippen LogP contribution in [0.5, 0.6) is 5.75 Å². The smallest absolute Gasteiger partial charge is 0.315 e. The van der Waals surface area contributed by atoms with Crippen LogP contribution in [-0.4, -0.2) is 53.9 Å². The first-order valence-electron chi connectivity index (χ1n) is 17.6. The van der Waals surface area contributed by atoms with Crippen molar-refractivity contribution in [2.75, 3.05) is 0 Å². The second kappa shape index (κ2) is 11.0. The van der Waals surface area contributed by atoms with Crippen LogP contribution in [0.25, 0.3) is 0 Å². The van der Waals surface area contributed by atoms with Crippen LogP contribution in [0.1, 0.15) is 84.7 Å². The van der Waals surface area contributed by atoms with Crippen LogP contribution in [-0.2, 0) is 42.1 Å². The molecule has 7 aliphatic rings. The third kappa shape index (κ3) is 4.45. The van der Waals surface area contributed by atoms with Gasteiger partial charge in [-0.05, 0) is 104 Å². The number of fused-ring (bicyclic) bond motifs is 3. The zero-order valence-corrected chi connectivity index (χ0v) is 28.3. The highest BCUT2D eigenvalue weighted by Gasteiger charge is 2.71. The van der Waals surface area contributed by atoms with Gasteiger partial charge in [-0.1, -0.05) is 48.5 Å². The summed E-state index contributed by atoms with van der Waals surface area (Å²) in [5.74, 6) is -2.93. The van der Waals surface area contributed by atoms with Crippen molar-refractivity contribution in [2.45, 2.75) is 87.3 Å². The van der Waals surface area contributed by atoms with Crippen molar-refractivity contribution in [3.8, 4) is 5.75 Å². The van der Waals surface area contributed by atoms with Gasteiger partial charge in [0.05, 0.1) is 28.7 Å². The summed E-state index contributed by atoms with van der Waals surface area (Å²) in [6, 6.07) is 19.0. The van der Waals surface area contributed by atoms with Crippen molar-refractivity contribution in [3.63, 3.8) is 0 Å². The van der Waals surface area contributed by atoms with E-state index in [4.69, 9.17) is 9.47 Å². The highest BCUT2D eigenvalue weighted by Crippen LogP contribution is 2.61. The Morgan fingerprint density at radius 1 is 0.837 bits per heavy atom. The molecule has 3 aromatic carbocycles. The lowest BCUT2D eigenvalue weighted by molar-refractivity contribution is -0.165. The van der Waals surface area contributed by atoms with Gasteiger partial charge in [-0.2, -0.15) is 8.42 Å². The maximum Gasteiger partial charge on any atom is 0.315 e. The van der Waals surface area contributed by atoms with E-state index in [1.165, 1.54) is 23.3 Å². The molecule has 6 aliphatic carbocycles. The molecule has 7 unspecified atom stereocenters. The molecule has 254 valence electrons. The maximum atomic E-state index is 14.4. The van der Waals surface area contributed by atoms with Gasteiger partial charge in [-0.3, -0.25) is 18.9 Å². The fourth-order valence-electron chi connectivity index (χ4n) is 10.8. The Bertz CT molecular complexity index is 1990. The number of rotatable bonds is 6. The third-order valence-corrected chi connectivity index (χ3v) is 13.5. The van der Waals surface area contributed by atoms with Gasteiger partial charge in [0.15, 0.2) is 0 Å². The second-order valence-electron chi connectivity index (χ2n) is 15.1. The second-order valence-corrected chi connectivity index (χ2v) is 16.5. The number of esters is 2. The zero-order valence-electron chi connectivity index (χ0n) is 27.5. The summed E-state index contributed by atoms with van der Waals surface area (Å²) in [6.07, 6.45) is 3.12. The predicted molar refractivity (Wildman–Crippen MR) is 177 cm³/mol. The molecule has 10 heteroatoms. The molecular weight excluding hydrogens is 642 g/mol. The highest BCUT2D eigenvalue weighted by atomic mass is 32.2. The summed E-state index contributed by atoms with van der Waals surface area (Å²) in [5.41, 5.74) is 5.94. The van der Waals surface area contributed by atoms with Gasteiger partial charge in [-0.15, -0.1) is 0 Å². The molecule has 0 aromatic heterocycles. The summed E-state index contributed by atoms with van der Waals surface area (Å²) < 4.78 is 46.7. The van der Waals surface area contributed by atoms with Crippen molar-refractivity contribution < 1.29 is 36.8 Å². The van der Waals surface area contributed by atoms with Crippen molar-refractivity contribution in [3.05, 3.63) is 94.0 Å². The van der Waals surface area contributed by atoms with E-state index in [1.807, 2.05) is 30.9 Å². The van der Waals surface area contributed by atoms with E-state index in [-0.39, 0.29) is 64.2 Å². The molecule has 4 bridgehead atoms. The van der Waals surface area contributed by atoms with Crippen LogP contribution in [0.15, 0.2) is 65.6 Å². The summed E-state index contributed by atoms with van der Waals surface area (Å²) in [6.45, 7) is 3.92. The molecule has 9 nitrogen and oxygen atoms in total. The van der Waals surface area contributed by atoms with E-state index in [0.29, 0.717) is 36.8 Å². The summed E-state index contributed by atoms with van der Waals surface area (Å²) in [4.78, 5) is 44.3. The van der Waals surface area contributed by atoms with Crippen molar-refractivity contribution in [1.29, 1.82) is 0 Å². The van der Waals surface area contributed by atoms with Crippen molar-refractivity contribution >= 4 is 28.0 Å². The largest absolute Gasteiger partial charge is 0.460 e. The fraction of sp³-hybridized carbons (Fsp3) is 0.462. The van der Waals surface area contributed by atoms with E-state index in [0.717, 1.165) is 24.0 Å². The normalized spacial score (nSPS) is 31.8. The van der Waals surface area contributed by atoms with Crippen molar-refractivity contribution in [1.82, 2.24) is 4.90 Å². The number of nitrogens with zero attached hydrogens (tertiary/aromatic N) is 1. The Balaban J connectivity index is 1.03. The molecule has 0 spiro atoms. The van der Waals surface area contributed by atoms with E-state index in [1.54, 1.807) is 0 Å². The summed E-state index contributed by atoms with van der Waals surface area (Å²) in [7, 11) is -4.44. The molecule has 1 heterocycles. The fourth-order valence-corrected chi connectivity index (χ4v) is 11.6. The number of carbonyl (C=O) groups excluding carboxylic acids is 3. The van der Waals surface area contributed by atoms with Crippen molar-refractivity contribution in [2.24, 2.45) is 29.6 Å². The Morgan fingerprint density at radius 3 is 2.10 bits per heavy atom.